The standard InChI is InChI=1S/C11H16N2O4/c1-17-11-8-9(12-16)2-3-10(11)13(4-6-14)5-7-15/h2-3,8,14-15H,4-7H2,1H3. The molecule has 0 spiro atoms. The number of methoxy groups -OCH3 is 1. The number of nitroso groups, excluding NO2 is 1. The Morgan fingerprint density at radius 2 is 1.94 bits per heavy atom. The van der Waals surface area contributed by atoms with E-state index in [1.165, 1.54) is 13.2 Å². The maximum Gasteiger partial charge on any atom is 0.144 e. The van der Waals surface area contributed by atoms with Gasteiger partial charge in [0.1, 0.15) is 11.4 Å². The van der Waals surface area contributed by atoms with E-state index in [4.69, 9.17) is 14.9 Å². The quantitative estimate of drug-likeness (QED) is 0.691. The molecule has 0 atom stereocenters. The molecule has 0 aromatic heterocycles. The van der Waals surface area contributed by atoms with Crippen LogP contribution in [0.4, 0.5) is 11.4 Å². The summed E-state index contributed by atoms with van der Waals surface area (Å²) in [4.78, 5) is 12.2. The minimum absolute atomic E-state index is 0.0309. The summed E-state index contributed by atoms with van der Waals surface area (Å²) in [6, 6.07) is 4.76. The number of aliphatic hydroxyl groups excluding tert-OH is 2. The molecular formula is C11H16N2O4. The van der Waals surface area contributed by atoms with Gasteiger partial charge in [-0.15, -0.1) is 4.91 Å². The summed E-state index contributed by atoms with van der Waals surface area (Å²) in [5.41, 5.74) is 0.988. The molecule has 6 heteroatoms. The minimum Gasteiger partial charge on any atom is -0.495 e. The second-order valence-corrected chi connectivity index (χ2v) is 3.38. The molecule has 0 aliphatic carbocycles. The first kappa shape index (κ1) is 13.4. The molecule has 0 heterocycles. The summed E-state index contributed by atoms with van der Waals surface area (Å²) in [5.74, 6) is 0.490. The van der Waals surface area contributed by atoms with Crippen LogP contribution >= 0.6 is 0 Å². The Balaban J connectivity index is 3.03. The highest BCUT2D eigenvalue weighted by molar-refractivity contribution is 5.63. The average molecular weight is 240 g/mol. The van der Waals surface area contributed by atoms with Crippen LogP contribution in [0.2, 0.25) is 0 Å². The van der Waals surface area contributed by atoms with Crippen LogP contribution < -0.4 is 9.64 Å². The molecule has 0 saturated carbocycles. The van der Waals surface area contributed by atoms with E-state index in [2.05, 4.69) is 5.18 Å². The summed E-state index contributed by atoms with van der Waals surface area (Å²) in [5, 5.41) is 20.7. The third kappa shape index (κ3) is 3.40. The fourth-order valence-electron chi connectivity index (χ4n) is 1.58. The van der Waals surface area contributed by atoms with E-state index in [9.17, 15) is 4.91 Å². The van der Waals surface area contributed by atoms with Crippen molar-refractivity contribution in [1.29, 1.82) is 0 Å². The van der Waals surface area contributed by atoms with Crippen LogP contribution in [0, 0.1) is 4.91 Å². The molecule has 0 saturated heterocycles. The monoisotopic (exact) mass is 240 g/mol. The Bertz CT molecular complexity index is 364. The lowest BCUT2D eigenvalue weighted by molar-refractivity contribution is 0.280. The Labute approximate surface area is 99.4 Å². The van der Waals surface area contributed by atoms with Gasteiger partial charge in [0.2, 0.25) is 0 Å². The number of benzene rings is 1. The van der Waals surface area contributed by atoms with Crippen molar-refractivity contribution in [2.45, 2.75) is 0 Å². The van der Waals surface area contributed by atoms with Gasteiger partial charge in [0.05, 0.1) is 26.0 Å². The maximum atomic E-state index is 10.4. The molecule has 94 valence electrons. The van der Waals surface area contributed by atoms with Crippen molar-refractivity contribution < 1.29 is 14.9 Å². The first-order valence-electron chi connectivity index (χ1n) is 5.25. The summed E-state index contributed by atoms with van der Waals surface area (Å²) in [6.45, 7) is 0.698. The zero-order valence-electron chi connectivity index (χ0n) is 9.67. The van der Waals surface area contributed by atoms with Gasteiger partial charge in [0.15, 0.2) is 0 Å². The molecule has 0 aliphatic rings. The lowest BCUT2D eigenvalue weighted by Gasteiger charge is -2.24. The molecule has 1 aromatic carbocycles. The van der Waals surface area contributed by atoms with Gasteiger partial charge in [-0.3, -0.25) is 0 Å². The molecule has 0 fully saturated rings. The van der Waals surface area contributed by atoms with Crippen molar-refractivity contribution in [1.82, 2.24) is 0 Å². The number of anilines is 1. The Morgan fingerprint density at radius 3 is 2.41 bits per heavy atom. The van der Waals surface area contributed by atoms with Gasteiger partial charge in [0.25, 0.3) is 0 Å². The van der Waals surface area contributed by atoms with Crippen molar-refractivity contribution in [2.24, 2.45) is 5.18 Å². The lowest BCUT2D eigenvalue weighted by Crippen LogP contribution is -2.29. The largest absolute Gasteiger partial charge is 0.495 e. The van der Waals surface area contributed by atoms with Crippen LogP contribution in [0.3, 0.4) is 0 Å². The van der Waals surface area contributed by atoms with Gasteiger partial charge >= 0.3 is 0 Å². The van der Waals surface area contributed by atoms with E-state index >= 15 is 0 Å². The number of nitrogens with zero attached hydrogens (tertiary/aromatic N) is 2. The van der Waals surface area contributed by atoms with E-state index in [1.54, 1.807) is 17.0 Å². The van der Waals surface area contributed by atoms with Crippen molar-refractivity contribution >= 4 is 11.4 Å². The van der Waals surface area contributed by atoms with Gasteiger partial charge in [-0.1, -0.05) is 0 Å². The second-order valence-electron chi connectivity index (χ2n) is 3.38. The van der Waals surface area contributed by atoms with Crippen LogP contribution in [0.15, 0.2) is 23.4 Å². The lowest BCUT2D eigenvalue weighted by atomic mass is 10.2. The highest BCUT2D eigenvalue weighted by Gasteiger charge is 2.12. The molecule has 1 rings (SSSR count). The van der Waals surface area contributed by atoms with Crippen LogP contribution in [0.5, 0.6) is 5.75 Å². The molecule has 0 amide bonds. The third-order valence-corrected chi connectivity index (χ3v) is 2.35. The highest BCUT2D eigenvalue weighted by atomic mass is 16.5. The number of hydrogen-bond donors (Lipinski definition) is 2. The summed E-state index contributed by atoms with van der Waals surface area (Å²) in [6.07, 6.45) is 0. The van der Waals surface area contributed by atoms with Crippen molar-refractivity contribution in [2.75, 3.05) is 38.3 Å². The van der Waals surface area contributed by atoms with Crippen LogP contribution in [0.1, 0.15) is 0 Å². The van der Waals surface area contributed by atoms with Gasteiger partial charge < -0.3 is 19.8 Å². The van der Waals surface area contributed by atoms with Gasteiger partial charge in [0, 0.05) is 19.2 Å². The molecule has 0 unspecified atom stereocenters. The smallest absolute Gasteiger partial charge is 0.144 e. The molecule has 17 heavy (non-hydrogen) atoms. The van der Waals surface area contributed by atoms with Crippen LogP contribution in [-0.4, -0.2) is 43.6 Å². The van der Waals surface area contributed by atoms with E-state index in [0.717, 1.165) is 0 Å². The minimum atomic E-state index is -0.0309. The topological polar surface area (TPSA) is 82.4 Å². The van der Waals surface area contributed by atoms with E-state index in [0.29, 0.717) is 24.5 Å². The first-order chi connectivity index (χ1) is 8.26. The Morgan fingerprint density at radius 1 is 1.29 bits per heavy atom. The Hall–Kier alpha value is -1.66. The number of rotatable bonds is 7. The summed E-state index contributed by atoms with van der Waals surface area (Å²) < 4.78 is 5.16. The van der Waals surface area contributed by atoms with Crippen LogP contribution in [0.25, 0.3) is 0 Å². The third-order valence-electron chi connectivity index (χ3n) is 2.35. The molecule has 1 aromatic rings. The van der Waals surface area contributed by atoms with E-state index < -0.39 is 0 Å². The molecule has 0 aliphatic heterocycles. The van der Waals surface area contributed by atoms with E-state index in [1.807, 2.05) is 0 Å². The fourth-order valence-corrected chi connectivity index (χ4v) is 1.58. The highest BCUT2D eigenvalue weighted by Crippen LogP contribution is 2.32. The molecule has 6 nitrogen and oxygen atoms in total. The molecular weight excluding hydrogens is 224 g/mol. The molecule has 0 radical (unpaired) electrons. The SMILES string of the molecule is COc1cc(N=O)ccc1N(CCO)CCO. The fraction of sp³-hybridized carbons (Fsp3) is 0.455. The van der Waals surface area contributed by atoms with Crippen LogP contribution in [-0.2, 0) is 0 Å². The van der Waals surface area contributed by atoms with Gasteiger partial charge in [-0.25, -0.2) is 0 Å². The predicted molar refractivity (Wildman–Crippen MR) is 64.8 cm³/mol. The van der Waals surface area contributed by atoms with Crippen molar-refractivity contribution in [3.05, 3.63) is 23.1 Å². The number of ether oxygens (including phenoxy) is 1. The van der Waals surface area contributed by atoms with Crippen molar-refractivity contribution in [3.63, 3.8) is 0 Å². The van der Waals surface area contributed by atoms with Gasteiger partial charge in [-0.2, -0.15) is 0 Å². The zero-order chi connectivity index (χ0) is 12.7. The average Bonchev–Trinajstić information content (AvgIpc) is 2.37. The predicted octanol–water partition coefficient (Wildman–Crippen LogP) is 0.884. The normalized spacial score (nSPS) is 10.1. The van der Waals surface area contributed by atoms with E-state index in [-0.39, 0.29) is 18.9 Å². The number of aliphatic hydroxyl groups is 2. The van der Waals surface area contributed by atoms with Crippen molar-refractivity contribution in [3.8, 4) is 5.75 Å². The Kier molecular flexibility index (Phi) is 5.38. The summed E-state index contributed by atoms with van der Waals surface area (Å²) in [7, 11) is 1.49. The molecule has 0 bridgehead atoms. The zero-order valence-corrected chi connectivity index (χ0v) is 9.67. The summed E-state index contributed by atoms with van der Waals surface area (Å²) >= 11 is 0. The number of hydrogen-bond acceptors (Lipinski definition) is 6. The molecule has 2 N–H and O–H groups in total. The second kappa shape index (κ2) is 6.82. The first-order valence-corrected chi connectivity index (χ1v) is 5.25. The van der Waals surface area contributed by atoms with Gasteiger partial charge in [-0.05, 0) is 17.3 Å². The maximum absolute atomic E-state index is 10.4.